The highest BCUT2D eigenvalue weighted by atomic mass is 19.3. The third-order valence-electron chi connectivity index (χ3n) is 4.00. The highest BCUT2D eigenvalue weighted by Gasteiger charge is 2.50. The zero-order valence-corrected chi connectivity index (χ0v) is 9.99. The van der Waals surface area contributed by atoms with E-state index in [1.54, 1.807) is 6.92 Å². The summed E-state index contributed by atoms with van der Waals surface area (Å²) in [6.45, 7) is 2.09. The maximum atomic E-state index is 13.4. The van der Waals surface area contributed by atoms with Crippen molar-refractivity contribution in [1.29, 1.82) is 0 Å². The lowest BCUT2D eigenvalue weighted by Crippen LogP contribution is -2.52. The molecule has 0 heterocycles. The second-order valence-electron chi connectivity index (χ2n) is 5.28. The van der Waals surface area contributed by atoms with Crippen LogP contribution >= 0.6 is 0 Å². The summed E-state index contributed by atoms with van der Waals surface area (Å²) < 4.78 is 31.8. The topological polar surface area (TPSA) is 52.3 Å². The number of esters is 1. The SMILES string of the molecule is CCOC(=O)C1CC2CC(F)(F)CC(C1)C2N. The van der Waals surface area contributed by atoms with Crippen LogP contribution in [0.5, 0.6) is 0 Å². The molecule has 2 rings (SSSR count). The molecule has 17 heavy (non-hydrogen) atoms. The zero-order valence-electron chi connectivity index (χ0n) is 9.99. The second kappa shape index (κ2) is 4.52. The lowest BCUT2D eigenvalue weighted by Gasteiger charge is -2.46. The second-order valence-corrected chi connectivity index (χ2v) is 5.28. The molecule has 0 amide bonds. The number of ether oxygens (including phenoxy) is 1. The Morgan fingerprint density at radius 1 is 1.35 bits per heavy atom. The minimum Gasteiger partial charge on any atom is -0.466 e. The van der Waals surface area contributed by atoms with Crippen molar-refractivity contribution >= 4 is 5.97 Å². The monoisotopic (exact) mass is 247 g/mol. The summed E-state index contributed by atoms with van der Waals surface area (Å²) in [7, 11) is 0. The summed E-state index contributed by atoms with van der Waals surface area (Å²) in [6.07, 6.45) is 0.541. The zero-order chi connectivity index (χ0) is 12.6. The molecule has 3 nitrogen and oxygen atoms in total. The van der Waals surface area contributed by atoms with Gasteiger partial charge in [-0.2, -0.15) is 0 Å². The van der Waals surface area contributed by atoms with Crippen LogP contribution in [0.1, 0.15) is 32.6 Å². The van der Waals surface area contributed by atoms with E-state index in [2.05, 4.69) is 0 Å². The Morgan fingerprint density at radius 2 is 1.88 bits per heavy atom. The van der Waals surface area contributed by atoms with Gasteiger partial charge >= 0.3 is 5.97 Å². The van der Waals surface area contributed by atoms with E-state index in [0.717, 1.165) is 0 Å². The van der Waals surface area contributed by atoms with Crippen molar-refractivity contribution in [2.45, 2.75) is 44.6 Å². The third kappa shape index (κ3) is 2.59. The molecule has 0 aromatic heterocycles. The van der Waals surface area contributed by atoms with E-state index < -0.39 is 5.92 Å². The molecule has 0 aromatic rings. The van der Waals surface area contributed by atoms with Gasteiger partial charge in [0.2, 0.25) is 5.92 Å². The number of nitrogens with two attached hydrogens (primary N) is 1. The fourth-order valence-corrected chi connectivity index (χ4v) is 3.27. The van der Waals surface area contributed by atoms with Crippen LogP contribution in [0.3, 0.4) is 0 Å². The number of rotatable bonds is 2. The van der Waals surface area contributed by atoms with Crippen LogP contribution in [0, 0.1) is 17.8 Å². The van der Waals surface area contributed by atoms with E-state index in [-0.39, 0.29) is 42.6 Å². The standard InChI is InChI=1S/C12H19F2NO2/c1-2-17-11(16)7-3-8-5-12(13,14)6-9(4-7)10(8)15/h7-10H,2-6,15H2,1H3. The maximum Gasteiger partial charge on any atom is 0.308 e. The van der Waals surface area contributed by atoms with Crippen molar-refractivity contribution in [1.82, 2.24) is 0 Å². The highest BCUT2D eigenvalue weighted by Crippen LogP contribution is 2.48. The normalized spacial score (nSPS) is 39.8. The Labute approximate surface area is 99.7 Å². The van der Waals surface area contributed by atoms with Crippen molar-refractivity contribution < 1.29 is 18.3 Å². The summed E-state index contributed by atoms with van der Waals surface area (Å²) in [6, 6.07) is -0.180. The van der Waals surface area contributed by atoms with Crippen LogP contribution in [0.4, 0.5) is 8.78 Å². The average Bonchev–Trinajstić information content (AvgIpc) is 2.20. The number of carbonyl (C=O) groups excluding carboxylic acids is 1. The fourth-order valence-electron chi connectivity index (χ4n) is 3.27. The number of halogens is 2. The predicted octanol–water partition coefficient (Wildman–Crippen LogP) is 1.95. The predicted molar refractivity (Wildman–Crippen MR) is 58.5 cm³/mol. The molecule has 2 fully saturated rings. The van der Waals surface area contributed by atoms with E-state index in [1.807, 2.05) is 0 Å². The molecule has 0 radical (unpaired) electrons. The summed E-state index contributed by atoms with van der Waals surface area (Å²) >= 11 is 0. The van der Waals surface area contributed by atoms with Crippen LogP contribution in [0.25, 0.3) is 0 Å². The van der Waals surface area contributed by atoms with Gasteiger partial charge in [-0.1, -0.05) is 0 Å². The van der Waals surface area contributed by atoms with Crippen LogP contribution in [0.15, 0.2) is 0 Å². The van der Waals surface area contributed by atoms with Gasteiger partial charge < -0.3 is 10.5 Å². The van der Waals surface area contributed by atoms with E-state index in [1.165, 1.54) is 0 Å². The molecule has 2 saturated carbocycles. The average molecular weight is 247 g/mol. The Balaban J connectivity index is 2.05. The minimum atomic E-state index is -2.61. The molecule has 2 bridgehead atoms. The van der Waals surface area contributed by atoms with Gasteiger partial charge in [-0.25, -0.2) is 8.78 Å². The molecule has 0 aliphatic heterocycles. The Bertz CT molecular complexity index is 291. The van der Waals surface area contributed by atoms with Crippen LogP contribution in [-0.2, 0) is 9.53 Å². The molecule has 0 saturated heterocycles. The maximum absolute atomic E-state index is 13.4. The molecule has 2 N–H and O–H groups in total. The molecule has 0 spiro atoms. The van der Waals surface area contributed by atoms with E-state index in [0.29, 0.717) is 19.4 Å². The van der Waals surface area contributed by atoms with Crippen molar-refractivity contribution in [3.05, 3.63) is 0 Å². The summed E-state index contributed by atoms with van der Waals surface area (Å²) in [5, 5.41) is 0. The largest absolute Gasteiger partial charge is 0.466 e. The van der Waals surface area contributed by atoms with Crippen LogP contribution in [0.2, 0.25) is 0 Å². The number of alkyl halides is 2. The number of hydrogen-bond acceptors (Lipinski definition) is 3. The van der Waals surface area contributed by atoms with Gasteiger partial charge in [0.15, 0.2) is 0 Å². The molecular formula is C12H19F2NO2. The molecule has 0 aromatic carbocycles. The Morgan fingerprint density at radius 3 is 2.35 bits per heavy atom. The molecule has 5 heteroatoms. The molecule has 2 aliphatic carbocycles. The first-order valence-electron chi connectivity index (χ1n) is 6.23. The Kier molecular flexibility index (Phi) is 3.39. The summed E-state index contributed by atoms with van der Waals surface area (Å²) in [4.78, 5) is 11.6. The summed E-state index contributed by atoms with van der Waals surface area (Å²) in [5.41, 5.74) is 5.96. The van der Waals surface area contributed by atoms with Gasteiger partial charge in [0.1, 0.15) is 0 Å². The number of hydrogen-bond donors (Lipinski definition) is 1. The van der Waals surface area contributed by atoms with Crippen LogP contribution < -0.4 is 5.73 Å². The molecule has 98 valence electrons. The molecular weight excluding hydrogens is 228 g/mol. The third-order valence-corrected chi connectivity index (χ3v) is 4.00. The highest BCUT2D eigenvalue weighted by molar-refractivity contribution is 5.72. The van der Waals surface area contributed by atoms with Gasteiger partial charge in [-0.3, -0.25) is 4.79 Å². The first-order chi connectivity index (χ1) is 7.93. The first kappa shape index (κ1) is 12.7. The van der Waals surface area contributed by atoms with Crippen molar-refractivity contribution in [2.75, 3.05) is 6.61 Å². The van der Waals surface area contributed by atoms with E-state index in [9.17, 15) is 13.6 Å². The quantitative estimate of drug-likeness (QED) is 0.759. The lowest BCUT2D eigenvalue weighted by atomic mass is 9.64. The van der Waals surface area contributed by atoms with Crippen LogP contribution in [-0.4, -0.2) is 24.5 Å². The molecule has 2 atom stereocenters. The van der Waals surface area contributed by atoms with E-state index in [4.69, 9.17) is 10.5 Å². The molecule has 2 aliphatic rings. The number of fused-ring (bicyclic) bond motifs is 2. The lowest BCUT2D eigenvalue weighted by molar-refractivity contribution is -0.156. The van der Waals surface area contributed by atoms with Gasteiger partial charge in [0.25, 0.3) is 0 Å². The Hall–Kier alpha value is -0.710. The van der Waals surface area contributed by atoms with Crippen molar-refractivity contribution in [2.24, 2.45) is 23.5 Å². The van der Waals surface area contributed by atoms with Gasteiger partial charge in [0, 0.05) is 18.9 Å². The molecule has 2 unspecified atom stereocenters. The number of carbonyl (C=O) groups is 1. The van der Waals surface area contributed by atoms with E-state index >= 15 is 0 Å². The summed E-state index contributed by atoms with van der Waals surface area (Å²) in [5.74, 6) is -3.58. The van der Waals surface area contributed by atoms with Gasteiger partial charge in [0.05, 0.1) is 12.5 Å². The van der Waals surface area contributed by atoms with Gasteiger partial charge in [-0.05, 0) is 31.6 Å². The smallest absolute Gasteiger partial charge is 0.308 e. The fraction of sp³-hybridized carbons (Fsp3) is 0.917. The van der Waals surface area contributed by atoms with Crippen molar-refractivity contribution in [3.8, 4) is 0 Å². The van der Waals surface area contributed by atoms with Crippen molar-refractivity contribution in [3.63, 3.8) is 0 Å². The first-order valence-corrected chi connectivity index (χ1v) is 6.23. The minimum absolute atomic E-state index is 0.180. The van der Waals surface area contributed by atoms with Gasteiger partial charge in [-0.15, -0.1) is 0 Å².